The monoisotopic (exact) mass is 261 g/mol. The van der Waals surface area contributed by atoms with Gasteiger partial charge in [-0.2, -0.15) is 0 Å². The molecule has 88 valence electrons. The van der Waals surface area contributed by atoms with Gasteiger partial charge >= 0.3 is 5.97 Å². The molecular weight excluding hydrogens is 249 g/mol. The van der Waals surface area contributed by atoms with Crippen molar-refractivity contribution in [3.8, 4) is 0 Å². The minimum absolute atomic E-state index is 0.137. The van der Waals surface area contributed by atoms with Gasteiger partial charge in [0.2, 0.25) is 0 Å². The van der Waals surface area contributed by atoms with Crippen LogP contribution in [0.25, 0.3) is 0 Å². The van der Waals surface area contributed by atoms with Gasteiger partial charge in [-0.05, 0) is 24.6 Å². The summed E-state index contributed by atoms with van der Waals surface area (Å²) < 4.78 is 0. The van der Waals surface area contributed by atoms with E-state index in [2.05, 4.69) is 5.48 Å². The van der Waals surface area contributed by atoms with Gasteiger partial charge in [0.25, 0.3) is 0 Å². The maximum Gasteiger partial charge on any atom is 0.334 e. The normalized spacial score (nSPS) is 12.0. The second-order valence-corrected chi connectivity index (χ2v) is 4.36. The molecule has 0 spiro atoms. The number of nitrogens with one attached hydrogen (secondary N) is 1. The van der Waals surface area contributed by atoms with Gasteiger partial charge in [0, 0.05) is 10.0 Å². The molecule has 1 aromatic rings. The lowest BCUT2D eigenvalue weighted by molar-refractivity contribution is -0.144. The second kappa shape index (κ2) is 5.97. The number of carbonyl (C=O) groups excluding carboxylic acids is 1. The SMILES string of the molecule is CCC(C)C(=O)ONc1cc(Cl)cc(Cl)c1. The first-order valence-corrected chi connectivity index (χ1v) is 5.71. The first kappa shape index (κ1) is 13.1. The molecule has 0 aliphatic heterocycles. The lowest BCUT2D eigenvalue weighted by Crippen LogP contribution is -2.17. The molecule has 0 aliphatic rings. The first-order chi connectivity index (χ1) is 7.52. The summed E-state index contributed by atoms with van der Waals surface area (Å²) in [4.78, 5) is 16.3. The van der Waals surface area contributed by atoms with Crippen molar-refractivity contribution in [2.24, 2.45) is 5.92 Å². The van der Waals surface area contributed by atoms with Crippen LogP contribution in [0.5, 0.6) is 0 Å². The molecule has 0 bridgehead atoms. The molecule has 1 aromatic carbocycles. The highest BCUT2D eigenvalue weighted by atomic mass is 35.5. The minimum atomic E-state index is -0.307. The number of benzene rings is 1. The van der Waals surface area contributed by atoms with E-state index in [4.69, 9.17) is 28.0 Å². The van der Waals surface area contributed by atoms with Crippen LogP contribution in [0.2, 0.25) is 10.0 Å². The zero-order valence-electron chi connectivity index (χ0n) is 9.09. The Morgan fingerprint density at radius 2 is 1.94 bits per heavy atom. The van der Waals surface area contributed by atoms with E-state index in [1.54, 1.807) is 25.1 Å². The molecule has 3 nitrogen and oxygen atoms in total. The van der Waals surface area contributed by atoms with Crippen molar-refractivity contribution >= 4 is 34.9 Å². The largest absolute Gasteiger partial charge is 0.343 e. The Labute approximate surface area is 105 Å². The molecule has 0 saturated heterocycles. The molecule has 0 heterocycles. The predicted molar refractivity (Wildman–Crippen MR) is 65.6 cm³/mol. The van der Waals surface area contributed by atoms with Gasteiger partial charge in [0.15, 0.2) is 0 Å². The van der Waals surface area contributed by atoms with Crippen molar-refractivity contribution < 1.29 is 9.63 Å². The summed E-state index contributed by atoms with van der Waals surface area (Å²) in [7, 11) is 0. The van der Waals surface area contributed by atoms with Crippen LogP contribution in [0.1, 0.15) is 20.3 Å². The summed E-state index contributed by atoms with van der Waals surface area (Å²) in [5.41, 5.74) is 3.07. The fraction of sp³-hybridized carbons (Fsp3) is 0.364. The predicted octanol–water partition coefficient (Wildman–Crippen LogP) is 3.91. The summed E-state index contributed by atoms with van der Waals surface area (Å²) in [5, 5.41) is 0.962. The molecule has 5 heteroatoms. The average Bonchev–Trinajstić information content (AvgIpc) is 2.23. The summed E-state index contributed by atoms with van der Waals surface area (Å²) in [6, 6.07) is 4.85. The molecule has 1 N–H and O–H groups in total. The molecule has 0 fully saturated rings. The van der Waals surface area contributed by atoms with Gasteiger partial charge in [-0.3, -0.25) is 0 Å². The summed E-state index contributed by atoms with van der Waals surface area (Å²) in [6.45, 7) is 3.72. The van der Waals surface area contributed by atoms with E-state index in [0.717, 1.165) is 6.42 Å². The molecule has 0 aliphatic carbocycles. The van der Waals surface area contributed by atoms with Crippen LogP contribution in [0.3, 0.4) is 0 Å². The summed E-state index contributed by atoms with van der Waals surface area (Å²) >= 11 is 11.6. The molecule has 0 aromatic heterocycles. The van der Waals surface area contributed by atoms with Crippen molar-refractivity contribution in [2.45, 2.75) is 20.3 Å². The van der Waals surface area contributed by atoms with E-state index in [-0.39, 0.29) is 11.9 Å². The van der Waals surface area contributed by atoms with Gasteiger partial charge in [0.05, 0.1) is 11.6 Å². The van der Waals surface area contributed by atoms with Crippen LogP contribution in [-0.2, 0) is 9.63 Å². The third kappa shape index (κ3) is 3.91. The van der Waals surface area contributed by atoms with Gasteiger partial charge in [-0.25, -0.2) is 10.3 Å². The highest BCUT2D eigenvalue weighted by Crippen LogP contribution is 2.22. The van der Waals surface area contributed by atoms with Crippen LogP contribution < -0.4 is 5.48 Å². The number of hydrogen-bond acceptors (Lipinski definition) is 3. The Kier molecular flexibility index (Phi) is 4.90. The maximum atomic E-state index is 11.4. The van der Waals surface area contributed by atoms with E-state index in [1.807, 2.05) is 6.92 Å². The van der Waals surface area contributed by atoms with Crippen molar-refractivity contribution in [3.05, 3.63) is 28.2 Å². The quantitative estimate of drug-likeness (QED) is 0.836. The fourth-order valence-corrected chi connectivity index (χ4v) is 1.52. The summed E-state index contributed by atoms with van der Waals surface area (Å²) in [6.07, 6.45) is 0.733. The van der Waals surface area contributed by atoms with Crippen molar-refractivity contribution in [2.75, 3.05) is 5.48 Å². The highest BCUT2D eigenvalue weighted by molar-refractivity contribution is 6.35. The average molecular weight is 262 g/mol. The molecule has 1 atom stereocenters. The molecule has 0 radical (unpaired) electrons. The van der Waals surface area contributed by atoms with E-state index < -0.39 is 0 Å². The van der Waals surface area contributed by atoms with Crippen LogP contribution in [0.15, 0.2) is 18.2 Å². The van der Waals surface area contributed by atoms with Gasteiger partial charge in [-0.15, -0.1) is 0 Å². The molecule has 16 heavy (non-hydrogen) atoms. The summed E-state index contributed by atoms with van der Waals surface area (Å²) in [5.74, 6) is -0.444. The number of anilines is 1. The Hall–Kier alpha value is -0.930. The minimum Gasteiger partial charge on any atom is -0.343 e. The fourth-order valence-electron chi connectivity index (χ4n) is 0.989. The molecular formula is C11H13Cl2NO2. The molecule has 0 saturated carbocycles. The zero-order chi connectivity index (χ0) is 12.1. The lowest BCUT2D eigenvalue weighted by atomic mass is 10.1. The number of rotatable bonds is 4. The Morgan fingerprint density at radius 3 is 2.44 bits per heavy atom. The number of hydrogen-bond donors (Lipinski definition) is 1. The molecule has 1 rings (SSSR count). The second-order valence-electron chi connectivity index (χ2n) is 3.49. The van der Waals surface area contributed by atoms with Crippen LogP contribution in [0, 0.1) is 5.92 Å². The van der Waals surface area contributed by atoms with Gasteiger partial charge < -0.3 is 4.84 Å². The van der Waals surface area contributed by atoms with E-state index in [0.29, 0.717) is 15.7 Å². The standard InChI is InChI=1S/C11H13Cl2NO2/c1-3-7(2)11(15)16-14-10-5-8(12)4-9(13)6-10/h4-7,14H,3H2,1-2H3. The third-order valence-electron chi connectivity index (χ3n) is 2.15. The highest BCUT2D eigenvalue weighted by Gasteiger charge is 2.12. The van der Waals surface area contributed by atoms with Crippen molar-refractivity contribution in [3.63, 3.8) is 0 Å². The Morgan fingerprint density at radius 1 is 1.38 bits per heavy atom. The van der Waals surface area contributed by atoms with Gasteiger partial charge in [0.1, 0.15) is 0 Å². The van der Waals surface area contributed by atoms with E-state index in [9.17, 15) is 4.79 Å². The number of carbonyl (C=O) groups is 1. The smallest absolute Gasteiger partial charge is 0.334 e. The topological polar surface area (TPSA) is 38.3 Å². The number of halogens is 2. The van der Waals surface area contributed by atoms with Crippen molar-refractivity contribution in [1.29, 1.82) is 0 Å². The first-order valence-electron chi connectivity index (χ1n) is 4.95. The van der Waals surface area contributed by atoms with E-state index >= 15 is 0 Å². The molecule has 1 unspecified atom stereocenters. The van der Waals surface area contributed by atoms with Gasteiger partial charge in [-0.1, -0.05) is 37.0 Å². The maximum absolute atomic E-state index is 11.4. The van der Waals surface area contributed by atoms with Crippen LogP contribution >= 0.6 is 23.2 Å². The van der Waals surface area contributed by atoms with Crippen LogP contribution in [-0.4, -0.2) is 5.97 Å². The third-order valence-corrected chi connectivity index (χ3v) is 2.58. The van der Waals surface area contributed by atoms with E-state index in [1.165, 1.54) is 0 Å². The van der Waals surface area contributed by atoms with Crippen LogP contribution in [0.4, 0.5) is 5.69 Å². The molecule has 0 amide bonds. The van der Waals surface area contributed by atoms with Crippen molar-refractivity contribution in [1.82, 2.24) is 0 Å². The zero-order valence-corrected chi connectivity index (χ0v) is 10.6. The Balaban J connectivity index is 2.58. The Bertz CT molecular complexity index is 362. The lowest BCUT2D eigenvalue weighted by Gasteiger charge is -2.10.